The van der Waals surface area contributed by atoms with Gasteiger partial charge in [-0.3, -0.25) is 0 Å². The number of nitrogens with two attached hydrogens (primary N) is 1. The van der Waals surface area contributed by atoms with Gasteiger partial charge in [-0.25, -0.2) is 9.59 Å². The van der Waals surface area contributed by atoms with E-state index in [1.807, 2.05) is 0 Å². The predicted octanol–water partition coefficient (Wildman–Crippen LogP) is 3.07. The average molecular weight is 442 g/mol. The van der Waals surface area contributed by atoms with Crippen LogP contribution in [0.25, 0.3) is 16.7 Å². The third kappa shape index (κ3) is 3.46. The molecule has 0 unspecified atom stereocenters. The first-order valence-electron chi connectivity index (χ1n) is 6.39. The van der Waals surface area contributed by atoms with E-state index < -0.39 is 17.2 Å². The van der Waals surface area contributed by atoms with E-state index >= 15 is 0 Å². The predicted molar refractivity (Wildman–Crippen MR) is 91.2 cm³/mol. The second kappa shape index (κ2) is 6.98. The lowest BCUT2D eigenvalue weighted by molar-refractivity contribution is -0.137. The van der Waals surface area contributed by atoms with Crippen LogP contribution in [0.4, 0.5) is 0 Å². The molecule has 0 aliphatic heterocycles. The normalized spacial score (nSPS) is 11.7. The Morgan fingerprint density at radius 3 is 2.70 bits per heavy atom. The van der Waals surface area contributed by atoms with Crippen LogP contribution in [0.3, 0.4) is 0 Å². The van der Waals surface area contributed by atoms with Gasteiger partial charge in [-0.1, -0.05) is 15.9 Å². The van der Waals surface area contributed by atoms with Gasteiger partial charge in [0.15, 0.2) is 11.2 Å². The van der Waals surface area contributed by atoms with Gasteiger partial charge in [-0.2, -0.15) is 5.26 Å². The van der Waals surface area contributed by atoms with Gasteiger partial charge in [-0.15, -0.1) is 0 Å². The van der Waals surface area contributed by atoms with Crippen molar-refractivity contribution in [3.05, 3.63) is 48.7 Å². The lowest BCUT2D eigenvalue weighted by Crippen LogP contribution is -2.17. The van der Waals surface area contributed by atoms with Crippen molar-refractivity contribution < 1.29 is 13.9 Å². The van der Waals surface area contributed by atoms with E-state index in [9.17, 15) is 9.59 Å². The second-order valence-corrected chi connectivity index (χ2v) is 6.14. The van der Waals surface area contributed by atoms with Crippen molar-refractivity contribution in [1.29, 1.82) is 5.26 Å². The van der Waals surface area contributed by atoms with Crippen LogP contribution in [-0.2, 0) is 9.53 Å². The molecule has 0 bridgehead atoms. The van der Waals surface area contributed by atoms with Gasteiger partial charge in [0.25, 0.3) is 0 Å². The van der Waals surface area contributed by atoms with Gasteiger partial charge in [0, 0.05) is 9.86 Å². The molecule has 2 rings (SSSR count). The van der Waals surface area contributed by atoms with Crippen LogP contribution in [0.15, 0.2) is 41.9 Å². The summed E-state index contributed by atoms with van der Waals surface area (Å²) in [7, 11) is 0. The molecular weight excluding hydrogens is 432 g/mol. The quantitative estimate of drug-likeness (QED) is 0.339. The Labute approximate surface area is 147 Å². The monoisotopic (exact) mass is 440 g/mol. The van der Waals surface area contributed by atoms with E-state index in [1.54, 1.807) is 25.1 Å². The Morgan fingerprint density at radius 1 is 1.39 bits per heavy atom. The van der Waals surface area contributed by atoms with Crippen molar-refractivity contribution in [3.63, 3.8) is 0 Å². The van der Waals surface area contributed by atoms with Crippen molar-refractivity contribution >= 4 is 54.5 Å². The molecule has 2 N–H and O–H groups in total. The number of halogens is 2. The summed E-state index contributed by atoms with van der Waals surface area (Å²) in [6.07, 6.45) is 0. The average Bonchev–Trinajstić information content (AvgIpc) is 2.48. The van der Waals surface area contributed by atoms with Crippen molar-refractivity contribution in [2.45, 2.75) is 6.92 Å². The fraction of sp³-hybridized carbons (Fsp3) is 0.133. The molecule has 23 heavy (non-hydrogen) atoms. The largest absolute Gasteiger partial charge is 0.462 e. The summed E-state index contributed by atoms with van der Waals surface area (Å²) in [5.41, 5.74) is 4.61. The van der Waals surface area contributed by atoms with E-state index in [-0.39, 0.29) is 17.9 Å². The summed E-state index contributed by atoms with van der Waals surface area (Å²) < 4.78 is 11.3. The number of nitrogens with zero attached hydrogens (tertiary/aromatic N) is 1. The molecule has 0 saturated carbocycles. The highest BCUT2D eigenvalue weighted by Crippen LogP contribution is 2.29. The zero-order valence-electron chi connectivity index (χ0n) is 11.9. The molecule has 0 amide bonds. The lowest BCUT2D eigenvalue weighted by Gasteiger charge is -2.07. The van der Waals surface area contributed by atoms with Crippen molar-refractivity contribution in [1.82, 2.24) is 0 Å². The topological polar surface area (TPSA) is 106 Å². The number of esters is 1. The van der Waals surface area contributed by atoms with Crippen LogP contribution < -0.4 is 11.4 Å². The molecular formula is C15H10Br2N2O4. The van der Waals surface area contributed by atoms with Crippen molar-refractivity contribution in [2.75, 3.05) is 6.61 Å². The van der Waals surface area contributed by atoms with Gasteiger partial charge >= 0.3 is 11.6 Å². The summed E-state index contributed by atoms with van der Waals surface area (Å²) in [5, 5.41) is 9.68. The Bertz CT molecular complexity index is 925. The van der Waals surface area contributed by atoms with Gasteiger partial charge in [0.1, 0.15) is 6.07 Å². The summed E-state index contributed by atoms with van der Waals surface area (Å²) >= 11 is 6.63. The number of carbonyl (C=O) groups excluding carboxylic acids is 1. The summed E-state index contributed by atoms with van der Waals surface area (Å²) in [4.78, 5) is 23.9. The Balaban J connectivity index is 2.72. The van der Waals surface area contributed by atoms with Gasteiger partial charge < -0.3 is 14.9 Å². The minimum Gasteiger partial charge on any atom is -0.462 e. The van der Waals surface area contributed by atoms with Crippen molar-refractivity contribution in [3.8, 4) is 6.07 Å². The fourth-order valence-electron chi connectivity index (χ4n) is 1.90. The van der Waals surface area contributed by atoms with Gasteiger partial charge in [-0.05, 0) is 41.1 Å². The first-order chi connectivity index (χ1) is 10.9. The standard InChI is InChI=1S/C15H10Br2N2O4/c1-2-22-14(20)10(6-18)12(19)9-4-7-3-8(16)5-11(17)13(7)23-15(9)21/h3-5H,2,19H2,1H3/b12-10+. The van der Waals surface area contributed by atoms with Crippen LogP contribution in [0.1, 0.15) is 12.5 Å². The van der Waals surface area contributed by atoms with Gasteiger partial charge in [0.2, 0.25) is 0 Å². The Hall–Kier alpha value is -2.11. The highest BCUT2D eigenvalue weighted by molar-refractivity contribution is 9.11. The van der Waals surface area contributed by atoms with Crippen LogP contribution >= 0.6 is 31.9 Å². The summed E-state index contributed by atoms with van der Waals surface area (Å²) in [6, 6.07) is 6.57. The number of fused-ring (bicyclic) bond motifs is 1. The molecule has 0 atom stereocenters. The molecule has 8 heteroatoms. The third-order valence-corrected chi connectivity index (χ3v) is 3.95. The number of hydrogen-bond donors (Lipinski definition) is 1. The number of benzene rings is 1. The molecule has 1 heterocycles. The molecule has 0 aliphatic carbocycles. The molecule has 1 aromatic heterocycles. The zero-order valence-corrected chi connectivity index (χ0v) is 15.0. The number of hydrogen-bond acceptors (Lipinski definition) is 6. The molecule has 0 fully saturated rings. The minimum atomic E-state index is -0.887. The van der Waals surface area contributed by atoms with E-state index in [0.29, 0.717) is 15.4 Å². The van der Waals surface area contributed by atoms with Crippen LogP contribution in [0.2, 0.25) is 0 Å². The Morgan fingerprint density at radius 2 is 2.09 bits per heavy atom. The molecule has 0 saturated heterocycles. The number of carbonyl (C=O) groups is 1. The third-order valence-electron chi connectivity index (χ3n) is 2.90. The lowest BCUT2D eigenvalue weighted by atomic mass is 10.1. The van der Waals surface area contributed by atoms with E-state index in [1.165, 1.54) is 6.07 Å². The maximum Gasteiger partial charge on any atom is 0.351 e. The van der Waals surface area contributed by atoms with E-state index in [0.717, 1.165) is 4.47 Å². The summed E-state index contributed by atoms with van der Waals surface area (Å²) in [5.74, 6) is -0.887. The van der Waals surface area contributed by atoms with E-state index in [4.69, 9.17) is 20.1 Å². The molecule has 0 radical (unpaired) electrons. The van der Waals surface area contributed by atoms with Gasteiger partial charge in [0.05, 0.1) is 22.3 Å². The maximum absolute atomic E-state index is 12.1. The molecule has 2 aromatic rings. The highest BCUT2D eigenvalue weighted by Gasteiger charge is 2.19. The summed E-state index contributed by atoms with van der Waals surface area (Å²) in [6.45, 7) is 1.69. The molecule has 6 nitrogen and oxygen atoms in total. The van der Waals surface area contributed by atoms with E-state index in [2.05, 4.69) is 31.9 Å². The van der Waals surface area contributed by atoms with Crippen LogP contribution in [0.5, 0.6) is 0 Å². The number of rotatable bonds is 3. The van der Waals surface area contributed by atoms with Crippen LogP contribution in [-0.4, -0.2) is 12.6 Å². The molecule has 0 aliphatic rings. The first kappa shape index (κ1) is 17.2. The minimum absolute atomic E-state index is 0.0768. The van der Waals surface area contributed by atoms with Crippen LogP contribution in [0, 0.1) is 11.3 Å². The van der Waals surface area contributed by atoms with Crippen molar-refractivity contribution in [2.24, 2.45) is 5.73 Å². The number of ether oxygens (including phenoxy) is 1. The SMILES string of the molecule is CCOC(=O)/C(C#N)=C(/N)c1cc2cc(Br)cc(Br)c2oc1=O. The molecule has 0 spiro atoms. The fourth-order valence-corrected chi connectivity index (χ4v) is 3.24. The first-order valence-corrected chi connectivity index (χ1v) is 7.97. The molecule has 1 aromatic carbocycles. The smallest absolute Gasteiger partial charge is 0.351 e. The highest BCUT2D eigenvalue weighted by atomic mass is 79.9. The Kier molecular flexibility index (Phi) is 5.23. The number of nitriles is 1. The second-order valence-electron chi connectivity index (χ2n) is 4.37. The molecule has 118 valence electrons. The maximum atomic E-state index is 12.1. The zero-order chi connectivity index (χ0) is 17.1.